The molecular weight excluding hydrogens is 511 g/mol. The van der Waals surface area contributed by atoms with E-state index >= 15 is 0 Å². The minimum Gasteiger partial charge on any atom is -0.490 e. The number of nitrogen functional groups attached to an aromatic ring is 1. The number of aromatic nitrogens is 2. The van der Waals surface area contributed by atoms with Crippen LogP contribution in [0.4, 0.5) is 10.3 Å². The quantitative estimate of drug-likeness (QED) is 0.298. The molecule has 0 bridgehead atoms. The molecule has 0 radical (unpaired) electrons. The van der Waals surface area contributed by atoms with E-state index in [0.717, 1.165) is 25.7 Å². The van der Waals surface area contributed by atoms with Gasteiger partial charge in [-0.2, -0.15) is 0 Å². The molecule has 2 aromatic carbocycles. The van der Waals surface area contributed by atoms with Gasteiger partial charge in [0.1, 0.15) is 11.4 Å². The Balaban J connectivity index is 1.41. The van der Waals surface area contributed by atoms with E-state index in [-0.39, 0.29) is 29.6 Å². The van der Waals surface area contributed by atoms with E-state index in [4.69, 9.17) is 31.5 Å². The molecule has 8 nitrogen and oxygen atoms in total. The molecule has 1 saturated heterocycles. The first-order chi connectivity index (χ1) is 18.2. The van der Waals surface area contributed by atoms with Crippen LogP contribution >= 0.6 is 11.6 Å². The van der Waals surface area contributed by atoms with Crippen LogP contribution in [0, 0.1) is 5.82 Å². The van der Waals surface area contributed by atoms with Crippen molar-refractivity contribution < 1.29 is 23.4 Å². The van der Waals surface area contributed by atoms with Gasteiger partial charge >= 0.3 is 5.97 Å². The Morgan fingerprint density at radius 1 is 1.18 bits per heavy atom. The molecule has 2 N–H and O–H groups in total. The number of halogens is 2. The number of nitrogens with two attached hydrogens (primary N) is 1. The van der Waals surface area contributed by atoms with Crippen molar-refractivity contribution in [1.29, 1.82) is 0 Å². The molecule has 10 heteroatoms. The second-order valence-corrected chi connectivity index (χ2v) is 11.0. The van der Waals surface area contributed by atoms with E-state index in [1.165, 1.54) is 12.1 Å². The fourth-order valence-electron chi connectivity index (χ4n) is 5.19. The molecule has 2 aliphatic rings. The normalized spacial score (nSPS) is 18.1. The predicted molar refractivity (Wildman–Crippen MR) is 144 cm³/mol. The Hall–Kier alpha value is -3.17. The van der Waals surface area contributed by atoms with Crippen molar-refractivity contribution in [3.63, 3.8) is 0 Å². The number of hydrogen-bond acceptors (Lipinski definition) is 8. The summed E-state index contributed by atoms with van der Waals surface area (Å²) >= 11 is 6.05. The van der Waals surface area contributed by atoms with Crippen LogP contribution in [-0.4, -0.2) is 58.8 Å². The Morgan fingerprint density at radius 2 is 1.97 bits per heavy atom. The fraction of sp³-hybridized carbons (Fsp3) is 0.464. The Kier molecular flexibility index (Phi) is 7.59. The molecule has 1 saturated carbocycles. The molecule has 0 atom stereocenters. The van der Waals surface area contributed by atoms with Crippen LogP contribution in [0.2, 0.25) is 5.02 Å². The van der Waals surface area contributed by atoms with Gasteiger partial charge in [-0.15, -0.1) is 0 Å². The van der Waals surface area contributed by atoms with Gasteiger partial charge in [-0.25, -0.2) is 14.4 Å². The minimum absolute atomic E-state index is 0.00438. The fourth-order valence-corrected chi connectivity index (χ4v) is 5.37. The zero-order chi connectivity index (χ0) is 26.9. The van der Waals surface area contributed by atoms with Gasteiger partial charge in [-0.05, 0) is 70.2 Å². The number of fused-ring (bicyclic) bond motifs is 1. The lowest BCUT2D eigenvalue weighted by molar-refractivity contribution is -0.169. The van der Waals surface area contributed by atoms with Crippen LogP contribution in [-0.2, 0) is 9.53 Å². The third-order valence-corrected chi connectivity index (χ3v) is 7.08. The standard InChI is InChI=1S/C28H32ClFN4O4/c1-28(2)16-34(15-25(35)38-28)10-5-11-36-23-13-19-22(14-24(23)37-18-6-3-4-7-18)32-27(31)33-26(19)17-8-9-21(30)20(29)12-17/h8-9,12-14,18H,3-7,10-11,15-16H2,1-2H3,(H2,31,32,33). The number of hydrogen-bond donors (Lipinski definition) is 1. The number of ether oxygens (including phenoxy) is 3. The Morgan fingerprint density at radius 3 is 2.71 bits per heavy atom. The summed E-state index contributed by atoms with van der Waals surface area (Å²) in [5.74, 6) is 0.551. The highest BCUT2D eigenvalue weighted by molar-refractivity contribution is 6.31. The summed E-state index contributed by atoms with van der Waals surface area (Å²) in [5, 5.41) is 0.687. The number of esters is 1. The van der Waals surface area contributed by atoms with Gasteiger partial charge in [-0.1, -0.05) is 11.6 Å². The van der Waals surface area contributed by atoms with Crippen molar-refractivity contribution in [3.05, 3.63) is 41.2 Å². The third kappa shape index (κ3) is 6.10. The van der Waals surface area contributed by atoms with Crippen molar-refractivity contribution in [3.8, 4) is 22.8 Å². The van der Waals surface area contributed by atoms with Gasteiger partial charge in [0.15, 0.2) is 11.5 Å². The number of nitrogens with zero attached hydrogens (tertiary/aromatic N) is 3. The number of benzene rings is 2. The van der Waals surface area contributed by atoms with E-state index in [9.17, 15) is 9.18 Å². The molecule has 1 aromatic heterocycles. The second kappa shape index (κ2) is 10.9. The van der Waals surface area contributed by atoms with Crippen molar-refractivity contribution >= 4 is 34.4 Å². The molecule has 0 amide bonds. The maximum absolute atomic E-state index is 13.8. The zero-order valence-electron chi connectivity index (χ0n) is 21.6. The number of anilines is 1. The number of carbonyl (C=O) groups is 1. The second-order valence-electron chi connectivity index (χ2n) is 10.5. The highest BCUT2D eigenvalue weighted by Gasteiger charge is 2.32. The van der Waals surface area contributed by atoms with Crippen LogP contribution in [0.1, 0.15) is 46.0 Å². The highest BCUT2D eigenvalue weighted by Crippen LogP contribution is 2.39. The van der Waals surface area contributed by atoms with Crippen LogP contribution in [0.3, 0.4) is 0 Å². The van der Waals surface area contributed by atoms with E-state index in [1.807, 2.05) is 26.0 Å². The van der Waals surface area contributed by atoms with Crippen LogP contribution < -0.4 is 15.2 Å². The summed E-state index contributed by atoms with van der Waals surface area (Å²) in [6.45, 7) is 5.90. The monoisotopic (exact) mass is 542 g/mol. The summed E-state index contributed by atoms with van der Waals surface area (Å²) in [6.07, 6.45) is 5.07. The summed E-state index contributed by atoms with van der Waals surface area (Å²) in [4.78, 5) is 22.9. The zero-order valence-corrected chi connectivity index (χ0v) is 22.4. The molecule has 0 unspecified atom stereocenters. The molecule has 1 aliphatic heterocycles. The third-order valence-electron chi connectivity index (χ3n) is 6.79. The van der Waals surface area contributed by atoms with E-state index < -0.39 is 11.4 Å². The maximum atomic E-state index is 13.8. The van der Waals surface area contributed by atoms with Gasteiger partial charge in [0, 0.05) is 30.1 Å². The number of morpholine rings is 1. The molecule has 38 heavy (non-hydrogen) atoms. The summed E-state index contributed by atoms with van der Waals surface area (Å²) in [7, 11) is 0. The first-order valence-electron chi connectivity index (χ1n) is 13.0. The van der Waals surface area contributed by atoms with Crippen molar-refractivity contribution in [1.82, 2.24) is 14.9 Å². The Bertz CT molecular complexity index is 1350. The molecule has 0 spiro atoms. The Labute approximate surface area is 226 Å². The molecule has 202 valence electrons. The van der Waals surface area contributed by atoms with Gasteiger partial charge in [0.05, 0.1) is 35.5 Å². The first kappa shape index (κ1) is 26.4. The van der Waals surface area contributed by atoms with Gasteiger partial charge in [0.2, 0.25) is 5.95 Å². The van der Waals surface area contributed by atoms with Crippen molar-refractivity contribution in [2.75, 3.05) is 32.0 Å². The van der Waals surface area contributed by atoms with E-state index in [2.05, 4.69) is 14.9 Å². The lowest BCUT2D eigenvalue weighted by Crippen LogP contribution is -2.51. The average molecular weight is 543 g/mol. The minimum atomic E-state index is -0.511. The molecule has 3 aromatic rings. The predicted octanol–water partition coefficient (Wildman–Crippen LogP) is 5.40. The van der Waals surface area contributed by atoms with Crippen LogP contribution in [0.25, 0.3) is 22.2 Å². The summed E-state index contributed by atoms with van der Waals surface area (Å²) in [6, 6.07) is 8.12. The van der Waals surface area contributed by atoms with Gasteiger partial charge in [-0.3, -0.25) is 9.69 Å². The number of rotatable bonds is 8. The molecular formula is C28H32ClFN4O4. The highest BCUT2D eigenvalue weighted by atomic mass is 35.5. The smallest absolute Gasteiger partial charge is 0.320 e. The molecule has 1 aliphatic carbocycles. The molecule has 2 fully saturated rings. The van der Waals surface area contributed by atoms with Gasteiger partial charge in [0.25, 0.3) is 0 Å². The molecule has 2 heterocycles. The largest absolute Gasteiger partial charge is 0.490 e. The van der Waals surface area contributed by atoms with Crippen LogP contribution in [0.5, 0.6) is 11.5 Å². The van der Waals surface area contributed by atoms with E-state index in [1.54, 1.807) is 6.07 Å². The lowest BCUT2D eigenvalue weighted by atomic mass is 10.1. The topological polar surface area (TPSA) is 99.8 Å². The maximum Gasteiger partial charge on any atom is 0.320 e. The summed E-state index contributed by atoms with van der Waals surface area (Å²) < 4.78 is 31.8. The van der Waals surface area contributed by atoms with Gasteiger partial charge < -0.3 is 19.9 Å². The van der Waals surface area contributed by atoms with Crippen molar-refractivity contribution in [2.45, 2.75) is 57.7 Å². The first-order valence-corrected chi connectivity index (χ1v) is 13.3. The molecule has 5 rings (SSSR count). The number of carbonyl (C=O) groups excluding carboxylic acids is 1. The SMILES string of the molecule is CC1(C)CN(CCCOc2cc3c(-c4ccc(F)c(Cl)c4)nc(N)nc3cc2OC2CCCC2)CC(=O)O1. The van der Waals surface area contributed by atoms with Crippen molar-refractivity contribution in [2.24, 2.45) is 0 Å². The van der Waals surface area contributed by atoms with E-state index in [0.29, 0.717) is 59.8 Å². The average Bonchev–Trinajstić information content (AvgIpc) is 3.35. The van der Waals surface area contributed by atoms with Crippen LogP contribution in [0.15, 0.2) is 30.3 Å². The summed E-state index contributed by atoms with van der Waals surface area (Å²) in [5.41, 5.74) is 7.28. The number of cyclic esters (lactones) is 1. The lowest BCUT2D eigenvalue weighted by Gasteiger charge is -2.37.